The molecule has 0 saturated heterocycles. The molecule has 3 N–H and O–H groups in total. The maximum atomic E-state index is 9.80. The van der Waals surface area contributed by atoms with Gasteiger partial charge in [0, 0.05) is 13.1 Å². The minimum atomic E-state index is -0.612. The summed E-state index contributed by atoms with van der Waals surface area (Å²) in [6, 6.07) is 0. The molecule has 96 valence electrons. The van der Waals surface area contributed by atoms with Gasteiger partial charge >= 0.3 is 0 Å². The fourth-order valence-corrected chi connectivity index (χ4v) is 3.02. The third kappa shape index (κ3) is 4.40. The van der Waals surface area contributed by atoms with Gasteiger partial charge in [-0.15, -0.1) is 0 Å². The van der Waals surface area contributed by atoms with Crippen LogP contribution in [0, 0.1) is 5.41 Å². The van der Waals surface area contributed by atoms with Gasteiger partial charge in [-0.2, -0.15) is 0 Å². The quantitative estimate of drug-likeness (QED) is 0.751. The molecule has 3 heteroatoms. The minimum absolute atomic E-state index is 0.304. The summed E-state index contributed by atoms with van der Waals surface area (Å²) in [5, 5.41) is 9.80. The molecule has 1 rings (SSSR count). The van der Waals surface area contributed by atoms with Crippen molar-refractivity contribution in [3.05, 3.63) is 0 Å². The van der Waals surface area contributed by atoms with E-state index in [-0.39, 0.29) is 0 Å². The molecule has 0 aromatic carbocycles. The number of hydrogen-bond donors (Lipinski definition) is 2. The fourth-order valence-electron chi connectivity index (χ4n) is 3.02. The van der Waals surface area contributed by atoms with E-state index >= 15 is 0 Å². The van der Waals surface area contributed by atoms with Crippen LogP contribution >= 0.6 is 0 Å². The Morgan fingerprint density at radius 2 is 1.81 bits per heavy atom. The second-order valence-corrected chi connectivity index (χ2v) is 6.25. The summed E-state index contributed by atoms with van der Waals surface area (Å²) in [4.78, 5) is 2.23. The Morgan fingerprint density at radius 1 is 1.25 bits per heavy atom. The number of rotatable bonds is 5. The SMILES string of the molecule is CN(CC(C)(C)O)CC1(CN)CCCCC1. The first kappa shape index (κ1) is 13.9. The lowest BCUT2D eigenvalue weighted by Gasteiger charge is -2.40. The number of nitrogens with zero attached hydrogens (tertiary/aromatic N) is 1. The Hall–Kier alpha value is -0.120. The van der Waals surface area contributed by atoms with Gasteiger partial charge in [-0.25, -0.2) is 0 Å². The molecule has 0 unspecified atom stereocenters. The lowest BCUT2D eigenvalue weighted by Crippen LogP contribution is -2.46. The highest BCUT2D eigenvalue weighted by Gasteiger charge is 2.32. The first-order chi connectivity index (χ1) is 7.37. The van der Waals surface area contributed by atoms with Crippen LogP contribution in [0.15, 0.2) is 0 Å². The number of nitrogens with two attached hydrogens (primary N) is 1. The molecule has 0 bridgehead atoms. The van der Waals surface area contributed by atoms with E-state index in [0.29, 0.717) is 5.41 Å². The van der Waals surface area contributed by atoms with Crippen LogP contribution in [0.3, 0.4) is 0 Å². The van der Waals surface area contributed by atoms with E-state index in [4.69, 9.17) is 5.73 Å². The number of likely N-dealkylation sites (N-methyl/N-ethyl adjacent to an activating group) is 1. The maximum Gasteiger partial charge on any atom is 0.0718 e. The highest BCUT2D eigenvalue weighted by atomic mass is 16.3. The smallest absolute Gasteiger partial charge is 0.0718 e. The van der Waals surface area contributed by atoms with Crippen LogP contribution in [0.2, 0.25) is 0 Å². The Kier molecular flexibility index (Phi) is 4.77. The zero-order valence-corrected chi connectivity index (χ0v) is 11.1. The van der Waals surface area contributed by atoms with Crippen molar-refractivity contribution in [1.82, 2.24) is 4.90 Å². The van der Waals surface area contributed by atoms with Crippen LogP contribution in [0.1, 0.15) is 46.0 Å². The number of aliphatic hydroxyl groups is 1. The second-order valence-electron chi connectivity index (χ2n) is 6.25. The molecular weight excluding hydrogens is 200 g/mol. The predicted molar refractivity (Wildman–Crippen MR) is 68.4 cm³/mol. The van der Waals surface area contributed by atoms with Gasteiger partial charge in [-0.05, 0) is 45.7 Å². The summed E-state index contributed by atoms with van der Waals surface area (Å²) in [6.07, 6.45) is 6.48. The van der Waals surface area contributed by atoms with E-state index in [2.05, 4.69) is 11.9 Å². The summed E-state index contributed by atoms with van der Waals surface area (Å²) in [5.74, 6) is 0. The lowest BCUT2D eigenvalue weighted by molar-refractivity contribution is 0.0247. The monoisotopic (exact) mass is 228 g/mol. The van der Waals surface area contributed by atoms with Crippen molar-refractivity contribution >= 4 is 0 Å². The third-order valence-corrected chi connectivity index (χ3v) is 3.61. The third-order valence-electron chi connectivity index (χ3n) is 3.61. The fraction of sp³-hybridized carbons (Fsp3) is 1.00. The van der Waals surface area contributed by atoms with Gasteiger partial charge in [0.05, 0.1) is 5.60 Å². The summed E-state index contributed by atoms with van der Waals surface area (Å²) in [5.41, 5.74) is 5.65. The molecule has 0 aromatic rings. The first-order valence-corrected chi connectivity index (χ1v) is 6.48. The van der Waals surface area contributed by atoms with Gasteiger partial charge < -0.3 is 15.7 Å². The Labute approximate surface area is 100 Å². The van der Waals surface area contributed by atoms with E-state index in [1.165, 1.54) is 32.1 Å². The van der Waals surface area contributed by atoms with E-state index < -0.39 is 5.60 Å². The van der Waals surface area contributed by atoms with E-state index in [9.17, 15) is 5.11 Å². The highest BCUT2D eigenvalue weighted by Crippen LogP contribution is 2.36. The molecule has 16 heavy (non-hydrogen) atoms. The Morgan fingerprint density at radius 3 is 2.25 bits per heavy atom. The topological polar surface area (TPSA) is 49.5 Å². The van der Waals surface area contributed by atoms with Crippen molar-refractivity contribution in [1.29, 1.82) is 0 Å². The molecule has 1 fully saturated rings. The zero-order chi connectivity index (χ0) is 12.2. The van der Waals surface area contributed by atoms with Crippen molar-refractivity contribution in [2.75, 3.05) is 26.7 Å². The highest BCUT2D eigenvalue weighted by molar-refractivity contribution is 4.87. The van der Waals surface area contributed by atoms with Crippen molar-refractivity contribution in [3.8, 4) is 0 Å². The van der Waals surface area contributed by atoms with Crippen LogP contribution in [0.25, 0.3) is 0 Å². The van der Waals surface area contributed by atoms with E-state index in [0.717, 1.165) is 19.6 Å². The normalized spacial score (nSPS) is 21.4. The minimum Gasteiger partial charge on any atom is -0.389 e. The summed E-state index contributed by atoms with van der Waals surface area (Å²) in [6.45, 7) is 6.24. The van der Waals surface area contributed by atoms with Gasteiger partial charge in [-0.1, -0.05) is 19.3 Å². The van der Waals surface area contributed by atoms with Crippen molar-refractivity contribution in [3.63, 3.8) is 0 Å². The maximum absolute atomic E-state index is 9.80. The van der Waals surface area contributed by atoms with Gasteiger partial charge in [0.1, 0.15) is 0 Å². The molecule has 3 nitrogen and oxygen atoms in total. The van der Waals surface area contributed by atoms with Crippen LogP contribution in [-0.4, -0.2) is 42.3 Å². The van der Waals surface area contributed by atoms with Crippen molar-refractivity contribution in [2.24, 2.45) is 11.1 Å². The molecule has 1 aliphatic carbocycles. The number of hydrogen-bond acceptors (Lipinski definition) is 3. The molecule has 0 spiro atoms. The average molecular weight is 228 g/mol. The van der Waals surface area contributed by atoms with E-state index in [1.54, 1.807) is 0 Å². The largest absolute Gasteiger partial charge is 0.389 e. The summed E-state index contributed by atoms with van der Waals surface area (Å²) < 4.78 is 0. The van der Waals surface area contributed by atoms with Crippen LogP contribution in [-0.2, 0) is 0 Å². The van der Waals surface area contributed by atoms with E-state index in [1.807, 2.05) is 13.8 Å². The molecule has 0 amide bonds. The average Bonchev–Trinajstić information content (AvgIpc) is 2.16. The van der Waals surface area contributed by atoms with Gasteiger partial charge in [0.2, 0.25) is 0 Å². The molecular formula is C13H28N2O. The second kappa shape index (κ2) is 5.48. The predicted octanol–water partition coefficient (Wildman–Crippen LogP) is 1.60. The Bertz CT molecular complexity index is 204. The zero-order valence-electron chi connectivity index (χ0n) is 11.1. The molecule has 0 heterocycles. The van der Waals surface area contributed by atoms with Gasteiger partial charge in [0.15, 0.2) is 0 Å². The molecule has 0 aromatic heterocycles. The summed E-state index contributed by atoms with van der Waals surface area (Å²) >= 11 is 0. The first-order valence-electron chi connectivity index (χ1n) is 6.48. The van der Waals surface area contributed by atoms with Crippen LogP contribution in [0.4, 0.5) is 0 Å². The molecule has 1 saturated carbocycles. The van der Waals surface area contributed by atoms with Gasteiger partial charge in [0.25, 0.3) is 0 Å². The summed E-state index contributed by atoms with van der Waals surface area (Å²) in [7, 11) is 2.09. The van der Waals surface area contributed by atoms with Crippen LogP contribution in [0.5, 0.6) is 0 Å². The molecule has 0 atom stereocenters. The van der Waals surface area contributed by atoms with Crippen molar-refractivity contribution in [2.45, 2.75) is 51.6 Å². The molecule has 1 aliphatic rings. The van der Waals surface area contributed by atoms with Crippen molar-refractivity contribution < 1.29 is 5.11 Å². The molecule has 0 radical (unpaired) electrons. The molecule has 0 aliphatic heterocycles. The van der Waals surface area contributed by atoms with Gasteiger partial charge in [-0.3, -0.25) is 0 Å². The standard InChI is InChI=1S/C13H28N2O/c1-12(2,16)10-15(3)11-13(9-14)7-5-4-6-8-13/h16H,4-11,14H2,1-3H3. The Balaban J connectivity index is 2.48. The lowest BCUT2D eigenvalue weighted by atomic mass is 9.73. The van der Waals surface area contributed by atoms with Crippen LogP contribution < -0.4 is 5.73 Å².